The summed E-state index contributed by atoms with van der Waals surface area (Å²) in [6.45, 7) is 0.998. The van der Waals surface area contributed by atoms with Crippen LogP contribution in [-0.2, 0) is 6.18 Å². The Balaban J connectivity index is 1.47. The fraction of sp³-hybridized carbons (Fsp3) is 0.316. The van der Waals surface area contributed by atoms with Crippen LogP contribution in [0.1, 0.15) is 28.8 Å². The highest BCUT2D eigenvalue weighted by atomic mass is 19.4. The SMILES string of the molecule is O=C(Nc1ccc(C(F)(F)F)cc1)NC1CCN(C(=O)c2cccnc2)CC1. The topological polar surface area (TPSA) is 74.3 Å². The third-order valence-corrected chi connectivity index (χ3v) is 4.50. The number of urea groups is 1. The van der Waals surface area contributed by atoms with Crippen LogP contribution in [0.25, 0.3) is 0 Å². The fourth-order valence-corrected chi connectivity index (χ4v) is 2.99. The summed E-state index contributed by atoms with van der Waals surface area (Å²) in [5, 5.41) is 5.31. The minimum atomic E-state index is -4.41. The quantitative estimate of drug-likeness (QED) is 0.839. The molecule has 1 saturated heterocycles. The Hall–Kier alpha value is -3.10. The average molecular weight is 392 g/mol. The van der Waals surface area contributed by atoms with Gasteiger partial charge in [0.2, 0.25) is 0 Å². The van der Waals surface area contributed by atoms with Gasteiger partial charge in [-0.15, -0.1) is 0 Å². The van der Waals surface area contributed by atoms with E-state index in [0.717, 1.165) is 12.1 Å². The van der Waals surface area contributed by atoms with E-state index >= 15 is 0 Å². The molecule has 0 saturated carbocycles. The number of carbonyl (C=O) groups is 2. The van der Waals surface area contributed by atoms with E-state index in [-0.39, 0.29) is 17.6 Å². The number of likely N-dealkylation sites (tertiary alicyclic amines) is 1. The molecule has 3 amide bonds. The molecule has 1 aliphatic rings. The van der Waals surface area contributed by atoms with Gasteiger partial charge < -0.3 is 15.5 Å². The Morgan fingerprint density at radius 3 is 2.32 bits per heavy atom. The van der Waals surface area contributed by atoms with Gasteiger partial charge in [0, 0.05) is 37.2 Å². The van der Waals surface area contributed by atoms with Gasteiger partial charge in [-0.25, -0.2) is 4.79 Å². The molecular formula is C19H19F3N4O2. The van der Waals surface area contributed by atoms with Crippen molar-refractivity contribution < 1.29 is 22.8 Å². The van der Waals surface area contributed by atoms with Crippen molar-refractivity contribution >= 4 is 17.6 Å². The minimum absolute atomic E-state index is 0.0965. The second-order valence-electron chi connectivity index (χ2n) is 6.48. The molecule has 0 atom stereocenters. The molecule has 148 valence electrons. The van der Waals surface area contributed by atoms with Gasteiger partial charge in [-0.05, 0) is 49.2 Å². The lowest BCUT2D eigenvalue weighted by molar-refractivity contribution is -0.137. The van der Waals surface area contributed by atoms with Gasteiger partial charge >= 0.3 is 12.2 Å². The van der Waals surface area contributed by atoms with Crippen molar-refractivity contribution in [2.75, 3.05) is 18.4 Å². The fourth-order valence-electron chi connectivity index (χ4n) is 2.99. The first-order chi connectivity index (χ1) is 13.3. The molecule has 9 heteroatoms. The number of nitrogens with one attached hydrogen (secondary N) is 2. The number of hydrogen-bond donors (Lipinski definition) is 2. The number of amides is 3. The first kappa shape index (κ1) is 19.7. The van der Waals surface area contributed by atoms with Crippen LogP contribution in [0, 0.1) is 0 Å². The summed E-state index contributed by atoms with van der Waals surface area (Å²) in [5.41, 5.74) is 0.0211. The third kappa shape index (κ3) is 4.99. The molecule has 3 rings (SSSR count). The average Bonchev–Trinajstić information content (AvgIpc) is 2.68. The smallest absolute Gasteiger partial charge is 0.338 e. The zero-order valence-electron chi connectivity index (χ0n) is 14.9. The second-order valence-corrected chi connectivity index (χ2v) is 6.48. The molecule has 6 nitrogen and oxygen atoms in total. The van der Waals surface area contributed by atoms with Gasteiger partial charge in [-0.1, -0.05) is 0 Å². The molecule has 1 aromatic carbocycles. The number of benzene rings is 1. The molecule has 1 aromatic heterocycles. The zero-order chi connectivity index (χ0) is 20.1. The van der Waals surface area contributed by atoms with Crippen molar-refractivity contribution in [3.8, 4) is 0 Å². The number of anilines is 1. The van der Waals surface area contributed by atoms with Crippen molar-refractivity contribution in [1.82, 2.24) is 15.2 Å². The van der Waals surface area contributed by atoms with Crippen LogP contribution in [0.15, 0.2) is 48.8 Å². The van der Waals surface area contributed by atoms with Crippen molar-refractivity contribution in [1.29, 1.82) is 0 Å². The number of alkyl halides is 3. The third-order valence-electron chi connectivity index (χ3n) is 4.50. The summed E-state index contributed by atoms with van der Waals surface area (Å²) in [6, 6.07) is 7.04. The normalized spacial score (nSPS) is 15.2. The van der Waals surface area contributed by atoms with Gasteiger partial charge in [-0.2, -0.15) is 13.2 Å². The van der Waals surface area contributed by atoms with Crippen LogP contribution in [-0.4, -0.2) is 41.0 Å². The van der Waals surface area contributed by atoms with Crippen molar-refractivity contribution in [2.45, 2.75) is 25.1 Å². The number of nitrogens with zero attached hydrogens (tertiary/aromatic N) is 2. The second kappa shape index (κ2) is 8.28. The summed E-state index contributed by atoms with van der Waals surface area (Å²) < 4.78 is 37.7. The van der Waals surface area contributed by atoms with E-state index in [1.807, 2.05) is 0 Å². The molecule has 0 bridgehead atoms. The van der Waals surface area contributed by atoms with Gasteiger partial charge in [0.1, 0.15) is 0 Å². The van der Waals surface area contributed by atoms with Gasteiger partial charge in [-0.3, -0.25) is 9.78 Å². The van der Waals surface area contributed by atoms with Gasteiger partial charge in [0.05, 0.1) is 11.1 Å². The number of pyridine rings is 1. The molecule has 2 heterocycles. The monoisotopic (exact) mass is 392 g/mol. The highest BCUT2D eigenvalue weighted by molar-refractivity contribution is 5.94. The van der Waals surface area contributed by atoms with Crippen LogP contribution < -0.4 is 10.6 Å². The lowest BCUT2D eigenvalue weighted by atomic mass is 10.0. The first-order valence-corrected chi connectivity index (χ1v) is 8.77. The molecule has 28 heavy (non-hydrogen) atoms. The molecule has 2 aromatic rings. The van der Waals surface area contributed by atoms with Gasteiger partial charge in [0.25, 0.3) is 5.91 Å². The lowest BCUT2D eigenvalue weighted by Crippen LogP contribution is -2.47. The van der Waals surface area contributed by atoms with E-state index in [1.54, 1.807) is 23.2 Å². The van der Waals surface area contributed by atoms with E-state index in [2.05, 4.69) is 15.6 Å². The van der Waals surface area contributed by atoms with Crippen molar-refractivity contribution in [3.63, 3.8) is 0 Å². The predicted octanol–water partition coefficient (Wildman–Crippen LogP) is 3.53. The number of hydrogen-bond acceptors (Lipinski definition) is 3. The van der Waals surface area contributed by atoms with Crippen molar-refractivity contribution in [3.05, 3.63) is 59.9 Å². The molecule has 1 aliphatic heterocycles. The standard InChI is InChI=1S/C19H19F3N4O2/c20-19(21,22)14-3-5-15(6-4-14)24-18(28)25-16-7-10-26(11-8-16)17(27)13-2-1-9-23-12-13/h1-6,9,12,16H,7-8,10-11H2,(H2,24,25,28). The van der Waals surface area contributed by atoms with Gasteiger partial charge in [0.15, 0.2) is 0 Å². The number of rotatable bonds is 3. The Bertz CT molecular complexity index is 817. The number of aromatic nitrogens is 1. The van der Waals surface area contributed by atoms with Crippen LogP contribution in [0.3, 0.4) is 0 Å². The highest BCUT2D eigenvalue weighted by Crippen LogP contribution is 2.29. The maximum atomic E-state index is 12.6. The molecule has 2 N–H and O–H groups in total. The molecule has 0 aliphatic carbocycles. The van der Waals surface area contributed by atoms with Crippen LogP contribution in [0.4, 0.5) is 23.7 Å². The lowest BCUT2D eigenvalue weighted by Gasteiger charge is -2.32. The number of piperidine rings is 1. The van der Waals surface area contributed by atoms with Crippen molar-refractivity contribution in [2.24, 2.45) is 0 Å². The Morgan fingerprint density at radius 1 is 1.07 bits per heavy atom. The van der Waals surface area contributed by atoms with Crippen LogP contribution in [0.2, 0.25) is 0 Å². The number of carbonyl (C=O) groups excluding carboxylic acids is 2. The summed E-state index contributed by atoms with van der Waals surface area (Å²) in [6.07, 6.45) is -0.118. The van der Waals surface area contributed by atoms with E-state index in [0.29, 0.717) is 31.5 Å². The largest absolute Gasteiger partial charge is 0.416 e. The van der Waals surface area contributed by atoms with E-state index in [4.69, 9.17) is 0 Å². The molecular weight excluding hydrogens is 373 g/mol. The molecule has 0 unspecified atom stereocenters. The van der Waals surface area contributed by atoms with Crippen LogP contribution >= 0.6 is 0 Å². The Kier molecular flexibility index (Phi) is 5.81. The zero-order valence-corrected chi connectivity index (χ0v) is 14.9. The minimum Gasteiger partial charge on any atom is -0.338 e. The highest BCUT2D eigenvalue weighted by Gasteiger charge is 2.30. The molecule has 0 spiro atoms. The summed E-state index contributed by atoms with van der Waals surface area (Å²) in [5.74, 6) is -0.0965. The summed E-state index contributed by atoms with van der Waals surface area (Å²) in [7, 11) is 0. The number of halogens is 3. The summed E-state index contributed by atoms with van der Waals surface area (Å²) >= 11 is 0. The van der Waals surface area contributed by atoms with E-state index < -0.39 is 17.8 Å². The molecule has 1 fully saturated rings. The first-order valence-electron chi connectivity index (χ1n) is 8.77. The Labute approximate surface area is 159 Å². The van der Waals surface area contributed by atoms with Crippen LogP contribution in [0.5, 0.6) is 0 Å². The Morgan fingerprint density at radius 2 is 1.75 bits per heavy atom. The maximum absolute atomic E-state index is 12.6. The van der Waals surface area contributed by atoms with E-state index in [9.17, 15) is 22.8 Å². The maximum Gasteiger partial charge on any atom is 0.416 e. The van der Waals surface area contributed by atoms with E-state index in [1.165, 1.54) is 18.3 Å². The summed E-state index contributed by atoms with van der Waals surface area (Å²) in [4.78, 5) is 30.1. The molecule has 0 radical (unpaired) electrons. The predicted molar refractivity (Wildman–Crippen MR) is 96.8 cm³/mol.